The molecule has 2 aliphatic heterocycles. The van der Waals surface area contributed by atoms with E-state index in [-0.39, 0.29) is 12.1 Å². The first-order valence-corrected chi connectivity index (χ1v) is 12.0. The number of carbonyl (C=O) groups excluding carboxylic acids is 2. The van der Waals surface area contributed by atoms with Crippen molar-refractivity contribution in [1.29, 1.82) is 0 Å². The maximum Gasteiger partial charge on any atom is 0.323 e. The zero-order valence-corrected chi connectivity index (χ0v) is 19.7. The third-order valence-electron chi connectivity index (χ3n) is 6.07. The van der Waals surface area contributed by atoms with E-state index in [1.54, 1.807) is 30.3 Å². The summed E-state index contributed by atoms with van der Waals surface area (Å²) in [6.07, 6.45) is 0. The smallest absolute Gasteiger partial charge is 0.308 e. The predicted molar refractivity (Wildman–Crippen MR) is 130 cm³/mol. The third kappa shape index (κ3) is 3.61. The molecule has 2 aliphatic rings. The normalized spacial score (nSPS) is 19.1. The van der Waals surface area contributed by atoms with Crippen molar-refractivity contribution in [3.05, 3.63) is 94.0 Å². The summed E-state index contributed by atoms with van der Waals surface area (Å²) >= 11 is 7.29. The Labute approximate surface area is 204 Å². The first-order valence-electron chi connectivity index (χ1n) is 10.7. The second-order valence-electron chi connectivity index (χ2n) is 8.19. The van der Waals surface area contributed by atoms with E-state index in [9.17, 15) is 18.4 Å². The lowest BCUT2D eigenvalue weighted by molar-refractivity contribution is -0.123. The van der Waals surface area contributed by atoms with Crippen molar-refractivity contribution < 1.29 is 18.4 Å². The van der Waals surface area contributed by atoms with Gasteiger partial charge in [-0.25, -0.2) is 13.6 Å². The van der Waals surface area contributed by atoms with Gasteiger partial charge < -0.3 is 10.2 Å². The van der Waals surface area contributed by atoms with Crippen LogP contribution in [-0.4, -0.2) is 29.1 Å². The topological polar surface area (TPSA) is 52.7 Å². The molecule has 0 aromatic heterocycles. The maximum atomic E-state index is 14.4. The van der Waals surface area contributed by atoms with Crippen LogP contribution in [0.4, 0.5) is 25.0 Å². The van der Waals surface area contributed by atoms with Gasteiger partial charge in [0.15, 0.2) is 4.87 Å². The lowest BCUT2D eigenvalue weighted by atomic mass is 10.0. The van der Waals surface area contributed by atoms with Crippen molar-refractivity contribution in [2.75, 3.05) is 22.5 Å². The lowest BCUT2D eigenvalue weighted by Gasteiger charge is -2.33. The van der Waals surface area contributed by atoms with Crippen LogP contribution in [0.3, 0.4) is 0 Å². The molecular formula is C25H20ClF2N3O2S. The number of nitrogens with zero attached hydrogens (tertiary/aromatic N) is 2. The van der Waals surface area contributed by atoms with Gasteiger partial charge in [0, 0.05) is 34.1 Å². The molecule has 1 saturated heterocycles. The van der Waals surface area contributed by atoms with Gasteiger partial charge in [0.1, 0.15) is 11.6 Å². The van der Waals surface area contributed by atoms with Crippen LogP contribution in [0.25, 0.3) is 0 Å². The first kappa shape index (κ1) is 22.7. The Morgan fingerprint density at radius 3 is 2.53 bits per heavy atom. The van der Waals surface area contributed by atoms with Crippen molar-refractivity contribution in [1.82, 2.24) is 4.90 Å². The molecule has 0 saturated carbocycles. The van der Waals surface area contributed by atoms with Crippen LogP contribution < -0.4 is 10.2 Å². The number of aryl methyl sites for hydroxylation is 1. The van der Waals surface area contributed by atoms with E-state index in [0.29, 0.717) is 34.3 Å². The second kappa shape index (κ2) is 8.60. The lowest BCUT2D eigenvalue weighted by Crippen LogP contribution is -2.51. The van der Waals surface area contributed by atoms with E-state index in [0.717, 1.165) is 5.56 Å². The van der Waals surface area contributed by atoms with Crippen molar-refractivity contribution in [2.24, 2.45) is 0 Å². The van der Waals surface area contributed by atoms with E-state index < -0.39 is 28.4 Å². The number of carbonyl (C=O) groups is 2. The van der Waals surface area contributed by atoms with Crippen LogP contribution in [0.5, 0.6) is 0 Å². The van der Waals surface area contributed by atoms with Crippen molar-refractivity contribution in [2.45, 2.75) is 18.3 Å². The molecule has 9 heteroatoms. The largest absolute Gasteiger partial charge is 0.323 e. The van der Waals surface area contributed by atoms with Crippen LogP contribution >= 0.6 is 23.4 Å². The average Bonchev–Trinajstić information content (AvgIpc) is 3.35. The maximum absolute atomic E-state index is 14.4. The molecule has 5 rings (SSSR count). The van der Waals surface area contributed by atoms with Gasteiger partial charge in [-0.1, -0.05) is 35.4 Å². The Kier molecular flexibility index (Phi) is 5.73. The molecule has 1 fully saturated rings. The Balaban J connectivity index is 1.55. The third-order valence-corrected chi connectivity index (χ3v) is 7.74. The van der Waals surface area contributed by atoms with Gasteiger partial charge in [0.25, 0.3) is 5.91 Å². The van der Waals surface area contributed by atoms with Crippen LogP contribution in [0.2, 0.25) is 5.02 Å². The fraction of sp³-hybridized carbons (Fsp3) is 0.200. The average molecular weight is 500 g/mol. The molecule has 0 unspecified atom stereocenters. The van der Waals surface area contributed by atoms with E-state index in [1.165, 1.54) is 39.8 Å². The summed E-state index contributed by atoms with van der Waals surface area (Å²) in [5, 5.41) is 3.37. The fourth-order valence-electron chi connectivity index (χ4n) is 4.45. The molecule has 1 spiro atoms. The van der Waals surface area contributed by atoms with E-state index >= 15 is 0 Å². The molecule has 3 aromatic carbocycles. The number of thioether (sulfide) groups is 1. The monoisotopic (exact) mass is 499 g/mol. The number of amides is 3. The Morgan fingerprint density at radius 2 is 1.82 bits per heavy atom. The highest BCUT2D eigenvalue weighted by Gasteiger charge is 2.59. The molecular weight excluding hydrogens is 480 g/mol. The van der Waals surface area contributed by atoms with Gasteiger partial charge >= 0.3 is 6.03 Å². The van der Waals surface area contributed by atoms with Crippen LogP contribution in [0.15, 0.2) is 60.7 Å². The number of hydrogen-bond acceptors (Lipinski definition) is 3. The summed E-state index contributed by atoms with van der Waals surface area (Å²) in [6, 6.07) is 15.3. The summed E-state index contributed by atoms with van der Waals surface area (Å²) < 4.78 is 28.9. The number of benzene rings is 3. The van der Waals surface area contributed by atoms with Gasteiger partial charge in [0.2, 0.25) is 0 Å². The van der Waals surface area contributed by atoms with Crippen LogP contribution in [0, 0.1) is 18.6 Å². The summed E-state index contributed by atoms with van der Waals surface area (Å²) in [7, 11) is 0. The second-order valence-corrected chi connectivity index (χ2v) is 9.92. The number of anilines is 2. The number of urea groups is 1. The Bertz CT molecular complexity index is 1280. The Morgan fingerprint density at radius 1 is 1.12 bits per heavy atom. The van der Waals surface area contributed by atoms with Gasteiger partial charge in [-0.3, -0.25) is 9.69 Å². The number of fused-ring (bicyclic) bond motifs is 2. The van der Waals surface area contributed by atoms with E-state index in [1.807, 2.05) is 19.1 Å². The fourth-order valence-corrected chi connectivity index (χ4v) is 6.03. The number of nitrogens with one attached hydrogen (secondary N) is 1. The van der Waals surface area contributed by atoms with Crippen LogP contribution in [-0.2, 0) is 16.2 Å². The number of hydrogen-bond donors (Lipinski definition) is 1. The molecule has 2 heterocycles. The number of halogens is 3. The summed E-state index contributed by atoms with van der Waals surface area (Å²) in [5.41, 5.74) is 2.44. The summed E-state index contributed by atoms with van der Waals surface area (Å²) in [6.45, 7) is 1.96. The standard InChI is InChI=1S/C25H20ClF2N3O2S/c1-15-5-10-22-19(13-15)25(23(32)30(22)14-18-20(27)3-2-4-21(18)28)31(11-12-34-25)24(33)29-17-8-6-16(26)7-9-17/h2-10,13H,11-12,14H2,1H3,(H,29,33)/t25-/m0/s1. The molecule has 174 valence electrons. The van der Waals surface area contributed by atoms with Crippen LogP contribution in [0.1, 0.15) is 16.7 Å². The zero-order chi connectivity index (χ0) is 24.0. The van der Waals surface area contributed by atoms with Gasteiger partial charge in [-0.15, -0.1) is 11.8 Å². The minimum absolute atomic E-state index is 0.195. The molecule has 0 aliphatic carbocycles. The van der Waals surface area contributed by atoms with Crippen molar-refractivity contribution in [3.63, 3.8) is 0 Å². The molecule has 3 aromatic rings. The molecule has 1 N–H and O–H groups in total. The van der Waals surface area contributed by atoms with Gasteiger partial charge in [-0.05, 0) is 49.4 Å². The highest BCUT2D eigenvalue weighted by atomic mass is 35.5. The zero-order valence-electron chi connectivity index (χ0n) is 18.1. The van der Waals surface area contributed by atoms with Gasteiger partial charge in [-0.2, -0.15) is 0 Å². The van der Waals surface area contributed by atoms with Crippen molar-refractivity contribution >= 4 is 46.7 Å². The molecule has 3 amide bonds. The summed E-state index contributed by atoms with van der Waals surface area (Å²) in [5.74, 6) is -1.31. The minimum atomic E-state index is -1.32. The SMILES string of the molecule is Cc1ccc2c(c1)[C@]1(SCCN1C(=O)Nc1ccc(Cl)cc1)C(=O)N2Cc1c(F)cccc1F. The molecule has 0 radical (unpaired) electrons. The molecule has 1 atom stereocenters. The van der Waals surface area contributed by atoms with E-state index in [2.05, 4.69) is 5.32 Å². The quantitative estimate of drug-likeness (QED) is 0.487. The van der Waals surface area contributed by atoms with E-state index in [4.69, 9.17) is 11.6 Å². The highest BCUT2D eigenvalue weighted by Crippen LogP contribution is 2.54. The number of rotatable bonds is 3. The minimum Gasteiger partial charge on any atom is -0.308 e. The summed E-state index contributed by atoms with van der Waals surface area (Å²) in [4.78, 5) is 28.9. The first-order chi connectivity index (χ1) is 16.3. The molecule has 0 bridgehead atoms. The molecule has 34 heavy (non-hydrogen) atoms. The molecule has 5 nitrogen and oxygen atoms in total. The van der Waals surface area contributed by atoms with Crippen molar-refractivity contribution in [3.8, 4) is 0 Å². The predicted octanol–water partition coefficient (Wildman–Crippen LogP) is 5.91. The highest BCUT2D eigenvalue weighted by molar-refractivity contribution is 8.01. The Hall–Kier alpha value is -3.10. The van der Waals surface area contributed by atoms with Gasteiger partial charge in [0.05, 0.1) is 12.2 Å².